The van der Waals surface area contributed by atoms with Crippen LogP contribution in [0, 0.1) is 0 Å². The van der Waals surface area contributed by atoms with Crippen molar-refractivity contribution in [1.82, 2.24) is 5.32 Å². The molecule has 0 aliphatic carbocycles. The van der Waals surface area contributed by atoms with Gasteiger partial charge in [-0.1, -0.05) is 167 Å². The minimum absolute atomic E-state index is 0.0485. The monoisotopic (exact) mass is 745 g/mol. The van der Waals surface area contributed by atoms with Gasteiger partial charge in [0, 0.05) is 6.54 Å². The Labute approximate surface area is 313 Å². The van der Waals surface area contributed by atoms with Gasteiger partial charge in [0.25, 0.3) is 0 Å². The fraction of sp³-hybridized carbons (Fsp3) is 0.878. The minimum Gasteiger partial charge on any atom is -0.393 e. The molecule has 0 spiro atoms. The SMILES string of the molecule is CCCCCCCCCC/C=C/C(O)C(COP(=O)(O)OCCN)NC(=O)CC(O)CCCCCCC/C=C\CCCCCCCCCCCC. The van der Waals surface area contributed by atoms with Crippen molar-refractivity contribution in [3.63, 3.8) is 0 Å². The number of unbranched alkanes of at least 4 members (excludes halogenated alkanes) is 23. The van der Waals surface area contributed by atoms with Crippen LogP contribution in [0.1, 0.15) is 194 Å². The molecule has 0 aliphatic rings. The molecule has 0 radical (unpaired) electrons. The van der Waals surface area contributed by atoms with Gasteiger partial charge in [0.1, 0.15) is 0 Å². The molecule has 0 aliphatic heterocycles. The number of aliphatic hydroxyl groups excluding tert-OH is 2. The molecule has 0 fully saturated rings. The summed E-state index contributed by atoms with van der Waals surface area (Å²) in [5.74, 6) is -0.452. The summed E-state index contributed by atoms with van der Waals surface area (Å²) in [5, 5.41) is 23.9. The summed E-state index contributed by atoms with van der Waals surface area (Å²) in [6.45, 7) is 3.94. The second-order valence-corrected chi connectivity index (χ2v) is 15.8. The number of hydrogen-bond donors (Lipinski definition) is 5. The maximum atomic E-state index is 12.8. The fourth-order valence-electron chi connectivity index (χ4n) is 6.11. The van der Waals surface area contributed by atoms with Crippen molar-refractivity contribution < 1.29 is 33.5 Å². The predicted octanol–water partition coefficient (Wildman–Crippen LogP) is 10.4. The molecule has 0 heterocycles. The first-order chi connectivity index (χ1) is 24.8. The molecule has 0 saturated heterocycles. The minimum atomic E-state index is -4.39. The van der Waals surface area contributed by atoms with E-state index < -0.39 is 38.6 Å². The largest absolute Gasteiger partial charge is 0.472 e. The van der Waals surface area contributed by atoms with Gasteiger partial charge in [-0.15, -0.1) is 0 Å². The van der Waals surface area contributed by atoms with E-state index in [1.54, 1.807) is 6.08 Å². The molecule has 0 rings (SSSR count). The Hall–Kier alpha value is -1.06. The van der Waals surface area contributed by atoms with Crippen LogP contribution in [0.4, 0.5) is 0 Å². The summed E-state index contributed by atoms with van der Waals surface area (Å²) in [5.41, 5.74) is 5.35. The Morgan fingerprint density at radius 2 is 1.10 bits per heavy atom. The van der Waals surface area contributed by atoms with E-state index in [0.717, 1.165) is 51.4 Å². The molecule has 0 bridgehead atoms. The van der Waals surface area contributed by atoms with E-state index in [2.05, 4.69) is 31.3 Å². The van der Waals surface area contributed by atoms with E-state index in [0.29, 0.717) is 6.42 Å². The van der Waals surface area contributed by atoms with E-state index >= 15 is 0 Å². The molecule has 51 heavy (non-hydrogen) atoms. The number of nitrogens with two attached hydrogens (primary N) is 1. The van der Waals surface area contributed by atoms with Crippen LogP contribution in [0.3, 0.4) is 0 Å². The molecule has 302 valence electrons. The molecule has 0 saturated carbocycles. The molecule has 4 unspecified atom stereocenters. The third kappa shape index (κ3) is 35.7. The standard InChI is InChI=1S/C41H81N2O7P/c1-3-5-7-9-11-13-15-16-17-18-19-20-21-22-23-24-26-28-30-32-38(44)36-41(46)43-39(37-50-51(47,48)49-35-34-42)40(45)33-31-29-27-25-14-12-10-8-6-4-2/h20-21,31,33,38-40,44-45H,3-19,22-30,32,34-37,42H2,1-2H3,(H,43,46)(H,47,48)/b21-20-,33-31+. The second kappa shape index (κ2) is 37.3. The number of phosphoric ester groups is 1. The summed E-state index contributed by atoms with van der Waals surface area (Å²) in [6, 6.07) is -0.981. The maximum Gasteiger partial charge on any atom is 0.472 e. The van der Waals surface area contributed by atoms with Crippen molar-refractivity contribution in [2.24, 2.45) is 5.73 Å². The van der Waals surface area contributed by atoms with Crippen molar-refractivity contribution in [3.05, 3.63) is 24.3 Å². The summed E-state index contributed by atoms with van der Waals surface area (Å²) in [4.78, 5) is 22.7. The van der Waals surface area contributed by atoms with Crippen LogP contribution < -0.4 is 11.1 Å². The normalized spacial score (nSPS) is 15.0. The Bertz CT molecular complexity index is 873. The van der Waals surface area contributed by atoms with Crippen LogP contribution in [-0.4, -0.2) is 59.0 Å². The number of aliphatic hydroxyl groups is 2. The number of allylic oxidation sites excluding steroid dienone is 3. The zero-order valence-corrected chi connectivity index (χ0v) is 33.9. The highest BCUT2D eigenvalue weighted by atomic mass is 31.2. The Morgan fingerprint density at radius 3 is 1.57 bits per heavy atom. The molecule has 0 aromatic rings. The fourth-order valence-corrected chi connectivity index (χ4v) is 6.87. The molecule has 4 atom stereocenters. The van der Waals surface area contributed by atoms with E-state index in [1.807, 2.05) is 6.08 Å². The van der Waals surface area contributed by atoms with Crippen LogP contribution in [0.2, 0.25) is 0 Å². The molecule has 0 aromatic heterocycles. The summed E-state index contributed by atoms with van der Waals surface area (Å²) < 4.78 is 22.0. The zero-order chi connectivity index (χ0) is 37.7. The highest BCUT2D eigenvalue weighted by Gasteiger charge is 2.27. The molecule has 10 heteroatoms. The number of carbonyl (C=O) groups is 1. The maximum absolute atomic E-state index is 12.8. The van der Waals surface area contributed by atoms with Crippen LogP contribution in [-0.2, 0) is 18.4 Å². The lowest BCUT2D eigenvalue weighted by atomic mass is 10.0. The van der Waals surface area contributed by atoms with E-state index in [-0.39, 0.29) is 19.6 Å². The van der Waals surface area contributed by atoms with Gasteiger partial charge in [0.2, 0.25) is 5.91 Å². The van der Waals surface area contributed by atoms with Gasteiger partial charge < -0.3 is 26.2 Å². The Kier molecular flexibility index (Phi) is 36.5. The summed E-state index contributed by atoms with van der Waals surface area (Å²) >= 11 is 0. The van der Waals surface area contributed by atoms with E-state index in [4.69, 9.17) is 14.8 Å². The summed E-state index contributed by atoms with van der Waals surface area (Å²) in [6.07, 6.45) is 38.4. The lowest BCUT2D eigenvalue weighted by molar-refractivity contribution is -0.124. The van der Waals surface area contributed by atoms with Gasteiger partial charge in [0.15, 0.2) is 0 Å². The average Bonchev–Trinajstić information content (AvgIpc) is 3.10. The van der Waals surface area contributed by atoms with E-state index in [1.165, 1.54) is 116 Å². The molecular weight excluding hydrogens is 663 g/mol. The van der Waals surface area contributed by atoms with Gasteiger partial charge in [-0.25, -0.2) is 4.57 Å². The molecule has 6 N–H and O–H groups in total. The topological polar surface area (TPSA) is 151 Å². The molecular formula is C41H81N2O7P. The first kappa shape index (κ1) is 49.9. The summed E-state index contributed by atoms with van der Waals surface area (Å²) in [7, 11) is -4.39. The molecule has 9 nitrogen and oxygen atoms in total. The van der Waals surface area contributed by atoms with Gasteiger partial charge in [-0.2, -0.15) is 0 Å². The van der Waals surface area contributed by atoms with Crippen molar-refractivity contribution >= 4 is 13.7 Å². The first-order valence-electron chi connectivity index (χ1n) is 21.0. The van der Waals surface area contributed by atoms with Crippen molar-refractivity contribution in [3.8, 4) is 0 Å². The highest BCUT2D eigenvalue weighted by molar-refractivity contribution is 7.47. The second-order valence-electron chi connectivity index (χ2n) is 14.4. The third-order valence-corrected chi connectivity index (χ3v) is 10.3. The van der Waals surface area contributed by atoms with Crippen molar-refractivity contribution in [2.45, 2.75) is 212 Å². The average molecular weight is 745 g/mol. The third-order valence-electron chi connectivity index (χ3n) is 9.33. The smallest absolute Gasteiger partial charge is 0.393 e. The Balaban J connectivity index is 4.25. The Morgan fingerprint density at radius 1 is 0.667 bits per heavy atom. The number of phosphoric acid groups is 1. The first-order valence-corrected chi connectivity index (χ1v) is 22.5. The lowest BCUT2D eigenvalue weighted by Crippen LogP contribution is -2.46. The van der Waals surface area contributed by atoms with Crippen molar-refractivity contribution in [2.75, 3.05) is 19.8 Å². The highest BCUT2D eigenvalue weighted by Crippen LogP contribution is 2.43. The molecule has 0 aromatic carbocycles. The van der Waals surface area contributed by atoms with E-state index in [9.17, 15) is 24.5 Å². The van der Waals surface area contributed by atoms with Crippen molar-refractivity contribution in [1.29, 1.82) is 0 Å². The van der Waals surface area contributed by atoms with Gasteiger partial charge in [-0.3, -0.25) is 13.8 Å². The zero-order valence-electron chi connectivity index (χ0n) is 33.0. The number of carbonyl (C=O) groups excluding carboxylic acids is 1. The van der Waals surface area contributed by atoms with Crippen LogP contribution in [0.25, 0.3) is 0 Å². The number of rotatable bonds is 39. The van der Waals surface area contributed by atoms with Crippen LogP contribution >= 0.6 is 7.82 Å². The number of nitrogens with one attached hydrogen (secondary N) is 1. The number of amides is 1. The lowest BCUT2D eigenvalue weighted by Gasteiger charge is -2.24. The number of hydrogen-bond acceptors (Lipinski definition) is 7. The van der Waals surface area contributed by atoms with Gasteiger partial charge in [0.05, 0.1) is 37.9 Å². The van der Waals surface area contributed by atoms with Crippen LogP contribution in [0.5, 0.6) is 0 Å². The van der Waals surface area contributed by atoms with Gasteiger partial charge >= 0.3 is 7.82 Å². The predicted molar refractivity (Wildman–Crippen MR) is 214 cm³/mol. The molecule has 1 amide bonds. The van der Waals surface area contributed by atoms with Crippen LogP contribution in [0.15, 0.2) is 24.3 Å². The quantitative estimate of drug-likeness (QED) is 0.0237. The van der Waals surface area contributed by atoms with Gasteiger partial charge in [-0.05, 0) is 44.9 Å².